The maximum Gasteiger partial charge on any atom is 0.416 e. The molecule has 1 saturated heterocycles. The van der Waals surface area contributed by atoms with Crippen LogP contribution in [-0.2, 0) is 57.4 Å². The number of hydrogen-bond acceptors (Lipinski definition) is 12. The van der Waals surface area contributed by atoms with Crippen LogP contribution in [0.15, 0.2) is 77.0 Å². The van der Waals surface area contributed by atoms with Crippen LogP contribution in [0.5, 0.6) is 0 Å². The zero-order valence-electron chi connectivity index (χ0n) is 43.3. The molecule has 0 saturated carbocycles. The molecule has 4 rings (SSSR count). The topological polar surface area (TPSA) is 429 Å². The number of amides is 8. The molecule has 2 aromatic carbocycles. The molecule has 8 amide bonds. The molecule has 1 aromatic heterocycles. The molecule has 28 heteroatoms. The van der Waals surface area contributed by atoms with E-state index in [4.69, 9.17) is 34.4 Å². The van der Waals surface area contributed by atoms with Gasteiger partial charge in [0.15, 0.2) is 11.9 Å². The van der Waals surface area contributed by atoms with E-state index >= 15 is 0 Å². The number of benzene rings is 2. The van der Waals surface area contributed by atoms with Crippen molar-refractivity contribution in [2.24, 2.45) is 44.4 Å². The smallest absolute Gasteiger partial charge is 0.401 e. The Bertz CT molecular complexity index is 2650. The third-order valence-corrected chi connectivity index (χ3v) is 12.5. The lowest BCUT2D eigenvalue weighted by atomic mass is 9.98. The van der Waals surface area contributed by atoms with Crippen LogP contribution in [0.4, 0.5) is 13.2 Å². The van der Waals surface area contributed by atoms with E-state index in [0.717, 1.165) is 36.0 Å². The van der Waals surface area contributed by atoms with E-state index in [-0.39, 0.29) is 108 Å². The Hall–Kier alpha value is -8.43. The number of nitrogens with zero attached hydrogens (tertiary/aromatic N) is 2. The second kappa shape index (κ2) is 30.3. The van der Waals surface area contributed by atoms with Gasteiger partial charge >= 0.3 is 6.18 Å². The summed E-state index contributed by atoms with van der Waals surface area (Å²) in [6.45, 7) is 4.79. The molecule has 0 spiro atoms. The largest absolute Gasteiger partial charge is 0.416 e. The molecule has 0 bridgehead atoms. The fraction of sp³-hybridized carbons (Fsp3) is 0.480. The van der Waals surface area contributed by atoms with Gasteiger partial charge in [-0.1, -0.05) is 43.0 Å². The molecular formula is C50H72F3N17O8. The minimum atomic E-state index is -4.93. The highest BCUT2D eigenvalue weighted by atomic mass is 19.4. The molecule has 1 aliphatic heterocycles. The fourth-order valence-electron chi connectivity index (χ4n) is 8.51. The Morgan fingerprint density at radius 1 is 0.731 bits per heavy atom. The predicted molar refractivity (Wildman–Crippen MR) is 285 cm³/mol. The van der Waals surface area contributed by atoms with Gasteiger partial charge in [-0.15, -0.1) is 0 Å². The standard InChI is InChI=1S/C50H72F3N17O8/c1-27(55)33-14-7-21-60-41(72)18-17-37(67-42(73)35(64-28(2)71)15-8-22-61-48(56)57)44(75)68-38(19-20-54)45(76)69-39(24-29-10-3-5-12-32(29)50(51,52)53)47(78)66-36(16-9-23-62-49(58)59)43(74)70-40(46(77)65-33)25-30-26-63-34-13-6-4-11-31(30)34/h3-6,10-13,26,33,35-40,63H,1,7-9,14-25,54-55H2,2H3,(H,60,72)(H,64,71)(H,65,77)(H,66,78)(H,67,73)(H,68,75)(H,69,76)(H,70,74)(H4,56,57,61)(H4,58,59,62)/t33-,35-,36-,37-,38-,39+,40-/m0/s1. The SMILES string of the molecule is C=C(N)[C@@H]1CCCNC(=O)CC[C@H](NC(=O)[C@H](CCCN=C(N)N)NC(C)=O)C(=O)N[C@@H](CCN)C(=O)N[C@H](Cc2ccccc2C(F)(F)F)C(=O)N[C@@H](CCCN=C(N)N)C(=O)N[C@@H](Cc2c[nH]c3ccccc23)C(=O)N1. The minimum Gasteiger partial charge on any atom is -0.401 e. The second-order valence-corrected chi connectivity index (χ2v) is 18.6. The van der Waals surface area contributed by atoms with Crippen LogP contribution in [0.2, 0.25) is 0 Å². The van der Waals surface area contributed by atoms with Gasteiger partial charge in [-0.25, -0.2) is 0 Å². The molecule has 78 heavy (non-hydrogen) atoms. The number of aromatic nitrogens is 1. The lowest BCUT2D eigenvalue weighted by molar-refractivity contribution is -0.139. The van der Waals surface area contributed by atoms with Crippen molar-refractivity contribution >= 4 is 70.1 Å². The first-order valence-corrected chi connectivity index (χ1v) is 25.3. The summed E-state index contributed by atoms with van der Waals surface area (Å²) in [5.41, 5.74) is 33.8. The lowest BCUT2D eigenvalue weighted by Crippen LogP contribution is -2.60. The molecule has 0 aliphatic carbocycles. The first kappa shape index (κ1) is 62.1. The maximum absolute atomic E-state index is 14.7. The van der Waals surface area contributed by atoms with Crippen molar-refractivity contribution in [3.05, 3.63) is 83.7 Å². The average molecular weight is 1100 g/mol. The minimum absolute atomic E-state index is 0.00362. The normalized spacial score (nSPS) is 21.0. The monoisotopic (exact) mass is 1100 g/mol. The Balaban J connectivity index is 1.82. The highest BCUT2D eigenvalue weighted by molar-refractivity contribution is 5.98. The van der Waals surface area contributed by atoms with Crippen molar-refractivity contribution in [1.29, 1.82) is 0 Å². The van der Waals surface area contributed by atoms with Crippen molar-refractivity contribution in [2.75, 3.05) is 26.2 Å². The van der Waals surface area contributed by atoms with Crippen LogP contribution in [0.3, 0.4) is 0 Å². The van der Waals surface area contributed by atoms with Crippen molar-refractivity contribution in [2.45, 2.75) is 126 Å². The molecule has 21 N–H and O–H groups in total. The van der Waals surface area contributed by atoms with Gasteiger partial charge in [-0.2, -0.15) is 13.2 Å². The van der Waals surface area contributed by atoms with Crippen molar-refractivity contribution in [3.8, 4) is 0 Å². The zero-order chi connectivity index (χ0) is 57.5. The molecule has 0 radical (unpaired) electrons. The van der Waals surface area contributed by atoms with Gasteiger partial charge in [-0.05, 0) is 81.2 Å². The molecule has 426 valence electrons. The van der Waals surface area contributed by atoms with Gasteiger partial charge in [0.2, 0.25) is 47.3 Å². The van der Waals surface area contributed by atoms with Crippen LogP contribution >= 0.6 is 0 Å². The summed E-state index contributed by atoms with van der Waals surface area (Å²) < 4.78 is 43.5. The van der Waals surface area contributed by atoms with E-state index in [1.54, 1.807) is 24.4 Å². The average Bonchev–Trinajstić information content (AvgIpc) is 3.80. The van der Waals surface area contributed by atoms with E-state index in [2.05, 4.69) is 64.1 Å². The number of carbonyl (C=O) groups excluding carboxylic acids is 8. The Labute approximate surface area is 448 Å². The number of aromatic amines is 1. The van der Waals surface area contributed by atoms with E-state index in [9.17, 15) is 51.5 Å². The van der Waals surface area contributed by atoms with Gasteiger partial charge in [0.1, 0.15) is 36.3 Å². The highest BCUT2D eigenvalue weighted by Crippen LogP contribution is 2.32. The third kappa shape index (κ3) is 20.3. The van der Waals surface area contributed by atoms with Gasteiger partial charge in [-0.3, -0.25) is 48.3 Å². The van der Waals surface area contributed by atoms with Crippen LogP contribution in [0, 0.1) is 0 Å². The molecule has 25 nitrogen and oxygen atoms in total. The summed E-state index contributed by atoms with van der Waals surface area (Å²) in [5, 5.41) is 21.5. The molecule has 1 fully saturated rings. The maximum atomic E-state index is 14.7. The number of carbonyl (C=O) groups is 8. The van der Waals surface area contributed by atoms with Gasteiger partial charge < -0.3 is 81.9 Å². The van der Waals surface area contributed by atoms with Gasteiger partial charge in [0, 0.05) is 68.6 Å². The Kier molecular flexibility index (Phi) is 24.2. The van der Waals surface area contributed by atoms with E-state index < -0.39 is 113 Å². The summed E-state index contributed by atoms with van der Waals surface area (Å²) in [4.78, 5) is 123. The summed E-state index contributed by atoms with van der Waals surface area (Å²) >= 11 is 0. The number of fused-ring (bicyclic) bond motifs is 1. The Morgan fingerprint density at radius 3 is 1.92 bits per heavy atom. The van der Waals surface area contributed by atoms with Crippen molar-refractivity contribution in [3.63, 3.8) is 0 Å². The Morgan fingerprint density at radius 2 is 1.29 bits per heavy atom. The summed E-state index contributed by atoms with van der Waals surface area (Å²) in [7, 11) is 0. The van der Waals surface area contributed by atoms with Crippen molar-refractivity contribution < 1.29 is 51.5 Å². The van der Waals surface area contributed by atoms with Crippen LogP contribution < -0.4 is 76.9 Å². The predicted octanol–water partition coefficient (Wildman–Crippen LogP) is -2.00. The summed E-state index contributed by atoms with van der Waals surface area (Å²) in [5.74, 6) is -7.46. The van der Waals surface area contributed by atoms with Crippen LogP contribution in [0.25, 0.3) is 10.9 Å². The van der Waals surface area contributed by atoms with Crippen LogP contribution in [0.1, 0.15) is 81.4 Å². The highest BCUT2D eigenvalue weighted by Gasteiger charge is 2.37. The number of nitrogens with two attached hydrogens (primary N) is 6. The zero-order valence-corrected chi connectivity index (χ0v) is 43.3. The number of guanidine groups is 2. The van der Waals surface area contributed by atoms with Crippen LogP contribution in [-0.4, -0.2) is 133 Å². The molecule has 2 heterocycles. The molecule has 0 unspecified atom stereocenters. The van der Waals surface area contributed by atoms with Gasteiger partial charge in [0.05, 0.1) is 11.6 Å². The number of hydrogen-bond donors (Lipinski definition) is 15. The molecule has 3 aromatic rings. The number of rotatable bonds is 18. The first-order valence-electron chi connectivity index (χ1n) is 25.3. The van der Waals surface area contributed by atoms with E-state index in [1.807, 2.05) is 6.07 Å². The number of alkyl halides is 3. The number of aliphatic imine (C=N–C) groups is 2. The summed E-state index contributed by atoms with van der Waals surface area (Å²) in [6.07, 6.45) is -4.87. The summed E-state index contributed by atoms with van der Waals surface area (Å²) in [6, 6.07) is 1.36. The van der Waals surface area contributed by atoms with Gasteiger partial charge in [0.25, 0.3) is 0 Å². The number of H-pyrrole nitrogens is 1. The quantitative estimate of drug-likeness (QED) is 0.0373. The molecular weight excluding hydrogens is 1020 g/mol. The number of para-hydroxylation sites is 1. The van der Waals surface area contributed by atoms with Crippen molar-refractivity contribution in [1.82, 2.24) is 47.5 Å². The lowest BCUT2D eigenvalue weighted by Gasteiger charge is -2.28. The van der Waals surface area contributed by atoms with E-state index in [0.29, 0.717) is 5.56 Å². The second-order valence-electron chi connectivity index (χ2n) is 18.6. The molecule has 7 atom stereocenters. The first-order chi connectivity index (χ1) is 37.0. The van der Waals surface area contributed by atoms with E-state index in [1.165, 1.54) is 6.07 Å². The number of halogens is 3. The third-order valence-electron chi connectivity index (χ3n) is 12.5. The fourth-order valence-corrected chi connectivity index (χ4v) is 8.51. The number of nitrogens with one attached hydrogen (secondary N) is 9. The molecule has 1 aliphatic rings.